The van der Waals surface area contributed by atoms with E-state index in [4.69, 9.17) is 4.74 Å². The van der Waals surface area contributed by atoms with Crippen LogP contribution in [0.15, 0.2) is 18.2 Å². The Hall–Kier alpha value is -1.91. The summed E-state index contributed by atoms with van der Waals surface area (Å²) in [4.78, 5) is 11.3. The van der Waals surface area contributed by atoms with Gasteiger partial charge in [-0.1, -0.05) is 6.08 Å². The molecule has 0 saturated carbocycles. The fraction of sp³-hybridized carbons (Fsp3) is 0.500. The molecule has 0 atom stereocenters. The molecule has 1 aromatic rings. The number of carbonyl (C=O) groups excluding carboxylic acids is 1. The summed E-state index contributed by atoms with van der Waals surface area (Å²) in [6.07, 6.45) is 4.14. The Bertz CT molecular complexity index is 433. The molecule has 104 valence electrons. The Morgan fingerprint density at radius 3 is 2.68 bits per heavy atom. The molecule has 1 aromatic heterocycles. The predicted molar refractivity (Wildman–Crippen MR) is 74.7 cm³/mol. The number of rotatable bonds is 4. The highest BCUT2D eigenvalue weighted by atomic mass is 16.6. The summed E-state index contributed by atoms with van der Waals surface area (Å²) in [5, 5.41) is 10.7. The zero-order valence-electron chi connectivity index (χ0n) is 11.9. The molecule has 1 rings (SSSR count). The van der Waals surface area contributed by atoms with Crippen molar-refractivity contribution < 1.29 is 9.53 Å². The monoisotopic (exact) mass is 263 g/mol. The van der Waals surface area contributed by atoms with Gasteiger partial charge in [-0.2, -0.15) is 10.2 Å². The second kappa shape index (κ2) is 6.87. The summed E-state index contributed by atoms with van der Waals surface area (Å²) in [5.74, 6) is 0. The van der Waals surface area contributed by atoms with Crippen molar-refractivity contribution in [3.05, 3.63) is 29.6 Å². The standard InChI is InChI=1S/C14H21N3O2/c1-11-8-9-12(17-16-11)7-5-6-10-15-13(18)19-14(2,3)4/h5,7-9H,6,10H2,1-4H3,(H,15,18). The fourth-order valence-electron chi connectivity index (χ4n) is 1.27. The van der Waals surface area contributed by atoms with Crippen molar-refractivity contribution in [3.8, 4) is 0 Å². The van der Waals surface area contributed by atoms with Gasteiger partial charge in [0.1, 0.15) is 5.60 Å². The maximum atomic E-state index is 11.3. The van der Waals surface area contributed by atoms with Crippen LogP contribution in [-0.4, -0.2) is 28.4 Å². The first-order valence-corrected chi connectivity index (χ1v) is 6.30. The van der Waals surface area contributed by atoms with Gasteiger partial charge in [-0.05, 0) is 52.3 Å². The summed E-state index contributed by atoms with van der Waals surface area (Å²) in [6, 6.07) is 3.81. The molecule has 19 heavy (non-hydrogen) atoms. The lowest BCUT2D eigenvalue weighted by atomic mass is 10.2. The summed E-state index contributed by atoms with van der Waals surface area (Å²) in [6.45, 7) is 7.93. The van der Waals surface area contributed by atoms with Crippen molar-refractivity contribution in [2.75, 3.05) is 6.54 Å². The first-order valence-electron chi connectivity index (χ1n) is 6.30. The van der Waals surface area contributed by atoms with Crippen molar-refractivity contribution in [3.63, 3.8) is 0 Å². The molecule has 0 unspecified atom stereocenters. The SMILES string of the molecule is Cc1ccc(C=CCCNC(=O)OC(C)(C)C)nn1. The highest BCUT2D eigenvalue weighted by Crippen LogP contribution is 2.06. The maximum Gasteiger partial charge on any atom is 0.407 e. The smallest absolute Gasteiger partial charge is 0.407 e. The van der Waals surface area contributed by atoms with Crippen LogP contribution < -0.4 is 5.32 Å². The first kappa shape index (κ1) is 15.1. The Balaban J connectivity index is 2.24. The number of hydrogen-bond donors (Lipinski definition) is 1. The number of aryl methyl sites for hydroxylation is 1. The Labute approximate surface area is 114 Å². The van der Waals surface area contributed by atoms with E-state index in [0.717, 1.165) is 17.8 Å². The van der Waals surface area contributed by atoms with E-state index in [1.807, 2.05) is 52.0 Å². The largest absolute Gasteiger partial charge is 0.444 e. The molecule has 1 N–H and O–H groups in total. The third kappa shape index (κ3) is 7.18. The summed E-state index contributed by atoms with van der Waals surface area (Å²) >= 11 is 0. The van der Waals surface area contributed by atoms with Crippen LogP contribution >= 0.6 is 0 Å². The van der Waals surface area contributed by atoms with Gasteiger partial charge < -0.3 is 10.1 Å². The number of hydrogen-bond acceptors (Lipinski definition) is 4. The van der Waals surface area contributed by atoms with Gasteiger partial charge in [-0.3, -0.25) is 0 Å². The number of nitrogens with zero attached hydrogens (tertiary/aromatic N) is 2. The molecule has 0 aliphatic carbocycles. The van der Waals surface area contributed by atoms with E-state index in [1.165, 1.54) is 0 Å². The van der Waals surface area contributed by atoms with Crippen molar-refractivity contribution in [2.45, 2.75) is 39.7 Å². The zero-order chi connectivity index (χ0) is 14.3. The van der Waals surface area contributed by atoms with Crippen LogP contribution in [0.1, 0.15) is 38.6 Å². The lowest BCUT2D eigenvalue weighted by Gasteiger charge is -2.19. The lowest BCUT2D eigenvalue weighted by Crippen LogP contribution is -2.32. The number of amides is 1. The third-order valence-electron chi connectivity index (χ3n) is 2.09. The topological polar surface area (TPSA) is 64.1 Å². The maximum absolute atomic E-state index is 11.3. The van der Waals surface area contributed by atoms with E-state index in [9.17, 15) is 4.79 Å². The number of alkyl carbamates (subject to hydrolysis) is 1. The molecule has 5 heteroatoms. The molecule has 0 aromatic carbocycles. The highest BCUT2D eigenvalue weighted by molar-refractivity contribution is 5.67. The van der Waals surface area contributed by atoms with E-state index in [-0.39, 0.29) is 0 Å². The molecular weight excluding hydrogens is 242 g/mol. The molecule has 0 aliphatic heterocycles. The molecule has 1 amide bonds. The molecular formula is C14H21N3O2. The number of carbonyl (C=O) groups is 1. The van der Waals surface area contributed by atoms with Gasteiger partial charge in [0.15, 0.2) is 0 Å². The molecule has 0 spiro atoms. The minimum atomic E-state index is -0.461. The van der Waals surface area contributed by atoms with E-state index in [0.29, 0.717) is 6.54 Å². The quantitative estimate of drug-likeness (QED) is 0.848. The van der Waals surface area contributed by atoms with Crippen molar-refractivity contribution in [1.82, 2.24) is 15.5 Å². The van der Waals surface area contributed by atoms with Crippen molar-refractivity contribution in [1.29, 1.82) is 0 Å². The molecule has 0 saturated heterocycles. The van der Waals surface area contributed by atoms with Gasteiger partial charge in [-0.25, -0.2) is 4.79 Å². The molecule has 5 nitrogen and oxygen atoms in total. The first-order chi connectivity index (χ1) is 8.87. The normalized spacial score (nSPS) is 11.6. The molecule has 0 radical (unpaired) electrons. The fourth-order valence-corrected chi connectivity index (χ4v) is 1.27. The van der Waals surface area contributed by atoms with Gasteiger partial charge in [0.25, 0.3) is 0 Å². The van der Waals surface area contributed by atoms with Gasteiger partial charge in [0, 0.05) is 6.54 Å². The summed E-state index contributed by atoms with van der Waals surface area (Å²) in [5.41, 5.74) is 1.24. The van der Waals surface area contributed by atoms with E-state index >= 15 is 0 Å². The minimum absolute atomic E-state index is 0.393. The summed E-state index contributed by atoms with van der Waals surface area (Å²) < 4.78 is 5.12. The van der Waals surface area contributed by atoms with E-state index in [2.05, 4.69) is 15.5 Å². The van der Waals surface area contributed by atoms with Crippen LogP contribution in [0.3, 0.4) is 0 Å². The molecule has 0 bridgehead atoms. The van der Waals surface area contributed by atoms with Crippen LogP contribution in [0, 0.1) is 6.92 Å². The number of aromatic nitrogens is 2. The van der Waals surface area contributed by atoms with Gasteiger partial charge >= 0.3 is 6.09 Å². The van der Waals surface area contributed by atoms with Crippen LogP contribution in [0.2, 0.25) is 0 Å². The van der Waals surface area contributed by atoms with Crippen LogP contribution in [-0.2, 0) is 4.74 Å². The zero-order valence-corrected chi connectivity index (χ0v) is 11.9. The highest BCUT2D eigenvalue weighted by Gasteiger charge is 2.14. The van der Waals surface area contributed by atoms with Crippen LogP contribution in [0.5, 0.6) is 0 Å². The molecule has 0 fully saturated rings. The predicted octanol–water partition coefficient (Wildman–Crippen LogP) is 2.71. The number of nitrogens with one attached hydrogen (secondary N) is 1. The average Bonchev–Trinajstić information content (AvgIpc) is 2.29. The van der Waals surface area contributed by atoms with Crippen molar-refractivity contribution >= 4 is 12.2 Å². The Morgan fingerprint density at radius 1 is 1.37 bits per heavy atom. The Morgan fingerprint density at radius 2 is 2.11 bits per heavy atom. The Kier molecular flexibility index (Phi) is 5.48. The van der Waals surface area contributed by atoms with E-state index < -0.39 is 11.7 Å². The molecule has 0 aliphatic rings. The lowest BCUT2D eigenvalue weighted by molar-refractivity contribution is 0.0529. The van der Waals surface area contributed by atoms with E-state index in [1.54, 1.807) is 0 Å². The summed E-state index contributed by atoms with van der Waals surface area (Å²) in [7, 11) is 0. The third-order valence-corrected chi connectivity index (χ3v) is 2.09. The van der Waals surface area contributed by atoms with Gasteiger partial charge in [0.2, 0.25) is 0 Å². The molecule has 1 heterocycles. The minimum Gasteiger partial charge on any atom is -0.444 e. The second-order valence-electron chi connectivity index (χ2n) is 5.22. The van der Waals surface area contributed by atoms with Crippen LogP contribution in [0.25, 0.3) is 6.08 Å². The number of ether oxygens (including phenoxy) is 1. The average molecular weight is 263 g/mol. The van der Waals surface area contributed by atoms with Gasteiger partial charge in [0.05, 0.1) is 11.4 Å². The second-order valence-corrected chi connectivity index (χ2v) is 5.22. The van der Waals surface area contributed by atoms with Crippen LogP contribution in [0.4, 0.5) is 4.79 Å². The van der Waals surface area contributed by atoms with Crippen molar-refractivity contribution in [2.24, 2.45) is 0 Å². The van der Waals surface area contributed by atoms with Gasteiger partial charge in [-0.15, -0.1) is 0 Å².